The number of anilines is 1. The minimum Gasteiger partial charge on any atom is -0.353 e. The lowest BCUT2D eigenvalue weighted by Gasteiger charge is -2.11. The third-order valence-electron chi connectivity index (χ3n) is 3.90. The summed E-state index contributed by atoms with van der Waals surface area (Å²) in [7, 11) is 1.31. The summed E-state index contributed by atoms with van der Waals surface area (Å²) in [6, 6.07) is 4.70. The fraction of sp³-hybridized carbons (Fsp3) is 0.211. The van der Waals surface area contributed by atoms with Crippen molar-refractivity contribution in [2.45, 2.75) is 19.9 Å². The van der Waals surface area contributed by atoms with Crippen LogP contribution in [0.25, 0.3) is 0 Å². The summed E-state index contributed by atoms with van der Waals surface area (Å²) in [6.45, 7) is 2.19. The van der Waals surface area contributed by atoms with Crippen LogP contribution in [0.2, 0.25) is 0 Å². The van der Waals surface area contributed by atoms with Gasteiger partial charge in [0.05, 0.1) is 0 Å². The maximum absolute atomic E-state index is 12.7. The van der Waals surface area contributed by atoms with Gasteiger partial charge in [0.1, 0.15) is 16.3 Å². The highest BCUT2D eigenvalue weighted by atomic mass is 79.9. The first-order valence-electron chi connectivity index (χ1n) is 8.78. The number of allylic oxidation sites excluding steroid dienone is 1. The Balaban J connectivity index is 2.30. The number of aryl methyl sites for hydroxylation is 1. The number of aromatic nitrogens is 1. The summed E-state index contributed by atoms with van der Waals surface area (Å²) in [5.41, 5.74) is -0.662. The number of amides is 3. The van der Waals surface area contributed by atoms with Gasteiger partial charge >= 0.3 is 0 Å². The second-order valence-corrected chi connectivity index (χ2v) is 7.61. The Morgan fingerprint density at radius 2 is 1.93 bits per heavy atom. The van der Waals surface area contributed by atoms with Gasteiger partial charge in [-0.15, -0.1) is 11.3 Å². The van der Waals surface area contributed by atoms with Crippen LogP contribution >= 0.6 is 27.3 Å². The molecule has 3 amide bonds. The molecule has 0 aliphatic rings. The largest absolute Gasteiger partial charge is 0.353 e. The molecule has 0 bridgehead atoms. The molecule has 9 nitrogen and oxygen atoms in total. The Morgan fingerprint density at radius 3 is 2.53 bits per heavy atom. The first kappa shape index (κ1) is 23.2. The molecule has 0 spiro atoms. The number of likely N-dealkylation sites (N-methyl/N-ethyl adjacent to an activating group) is 1. The third kappa shape index (κ3) is 5.74. The third-order valence-corrected chi connectivity index (χ3v) is 5.73. The number of carbonyl (C=O) groups excluding carboxylic acids is 4. The van der Waals surface area contributed by atoms with Gasteiger partial charge in [0, 0.05) is 30.7 Å². The number of halogens is 1. The molecule has 30 heavy (non-hydrogen) atoms. The van der Waals surface area contributed by atoms with Crippen molar-refractivity contribution >= 4 is 56.5 Å². The molecule has 0 radical (unpaired) electrons. The number of hydrogen-bond acceptors (Lipinski definition) is 6. The minimum absolute atomic E-state index is 0.0134. The predicted molar refractivity (Wildman–Crippen MR) is 116 cm³/mol. The molecule has 158 valence electrons. The van der Waals surface area contributed by atoms with Crippen LogP contribution in [0.3, 0.4) is 0 Å². The average molecular weight is 495 g/mol. The van der Waals surface area contributed by atoms with E-state index in [1.807, 2.05) is 0 Å². The quantitative estimate of drug-likeness (QED) is 0.379. The van der Waals surface area contributed by atoms with Crippen LogP contribution < -0.4 is 21.5 Å². The van der Waals surface area contributed by atoms with Crippen LogP contribution in [0.1, 0.15) is 23.0 Å². The second kappa shape index (κ2) is 10.6. The van der Waals surface area contributed by atoms with E-state index in [-0.39, 0.29) is 11.4 Å². The lowest BCUT2D eigenvalue weighted by atomic mass is 10.2. The Hall–Kier alpha value is -3.05. The highest BCUT2D eigenvalue weighted by Gasteiger charge is 2.20. The van der Waals surface area contributed by atoms with Crippen molar-refractivity contribution in [3.05, 3.63) is 61.3 Å². The van der Waals surface area contributed by atoms with Crippen LogP contribution in [0, 0.1) is 0 Å². The van der Waals surface area contributed by atoms with E-state index < -0.39 is 35.5 Å². The molecule has 3 N–H and O–H groups in total. The number of nitrogens with zero attached hydrogens (tertiary/aromatic N) is 1. The number of pyridine rings is 1. The van der Waals surface area contributed by atoms with E-state index >= 15 is 0 Å². The van der Waals surface area contributed by atoms with Gasteiger partial charge in [-0.25, -0.2) is 0 Å². The van der Waals surface area contributed by atoms with Gasteiger partial charge in [0.25, 0.3) is 23.3 Å². The molecule has 2 aromatic rings. The summed E-state index contributed by atoms with van der Waals surface area (Å²) in [5.74, 6) is -2.99. The van der Waals surface area contributed by atoms with E-state index in [1.165, 1.54) is 17.7 Å². The molecule has 2 heterocycles. The topological polar surface area (TPSA) is 126 Å². The average Bonchev–Trinajstić information content (AvgIpc) is 3.17. The molecule has 0 unspecified atom stereocenters. The zero-order valence-electron chi connectivity index (χ0n) is 16.2. The minimum atomic E-state index is -0.827. The molecule has 0 atom stereocenters. The van der Waals surface area contributed by atoms with Gasteiger partial charge in [-0.3, -0.25) is 24.0 Å². The van der Waals surface area contributed by atoms with Gasteiger partial charge in [-0.1, -0.05) is 0 Å². The van der Waals surface area contributed by atoms with E-state index in [0.29, 0.717) is 15.9 Å². The molecule has 0 saturated heterocycles. The Labute approximate surface area is 184 Å². The van der Waals surface area contributed by atoms with Crippen molar-refractivity contribution in [2.75, 3.05) is 12.4 Å². The fourth-order valence-corrected chi connectivity index (χ4v) is 3.78. The van der Waals surface area contributed by atoms with Gasteiger partial charge in [-0.2, -0.15) is 0 Å². The Kier molecular flexibility index (Phi) is 8.25. The molecule has 0 aromatic carbocycles. The van der Waals surface area contributed by atoms with E-state index in [9.17, 15) is 24.0 Å². The molecular formula is C19H19BrN4O5S. The van der Waals surface area contributed by atoms with E-state index in [2.05, 4.69) is 31.9 Å². The van der Waals surface area contributed by atoms with Gasteiger partial charge in [0.2, 0.25) is 5.78 Å². The fourth-order valence-electron chi connectivity index (χ4n) is 2.33. The molecule has 0 saturated carbocycles. The highest BCUT2D eigenvalue weighted by molar-refractivity contribution is 9.10. The van der Waals surface area contributed by atoms with Crippen LogP contribution in [0.5, 0.6) is 0 Å². The van der Waals surface area contributed by atoms with E-state index in [4.69, 9.17) is 0 Å². The zero-order chi connectivity index (χ0) is 22.3. The van der Waals surface area contributed by atoms with Crippen LogP contribution in [-0.2, 0) is 20.9 Å². The molecule has 2 rings (SSSR count). The summed E-state index contributed by atoms with van der Waals surface area (Å²) >= 11 is 4.40. The number of carbonyl (C=O) groups is 4. The van der Waals surface area contributed by atoms with Crippen molar-refractivity contribution in [3.8, 4) is 0 Å². The van der Waals surface area contributed by atoms with Gasteiger partial charge in [-0.05, 0) is 52.5 Å². The predicted octanol–water partition coefficient (Wildman–Crippen LogP) is 1.65. The standard InChI is InChI=1S/C19H19BrN4O5S/c1-3-24-9-4-5-13(19(24)29)23-16(26)12(6-7-14(25)17(27)21-2)22-18(28)15-11(20)8-10-30-15/h4-6,8-10H,3,7H2,1-2H3,(H,21,27)(H,22,28)(H,23,26)/b12-6+. The molecule has 2 aromatic heterocycles. The lowest BCUT2D eigenvalue weighted by Crippen LogP contribution is -2.33. The molecule has 0 aliphatic carbocycles. The number of ketones is 1. The summed E-state index contributed by atoms with van der Waals surface area (Å²) in [6.07, 6.45) is 2.29. The maximum Gasteiger partial charge on any atom is 0.287 e. The van der Waals surface area contributed by atoms with Crippen molar-refractivity contribution < 1.29 is 19.2 Å². The highest BCUT2D eigenvalue weighted by Crippen LogP contribution is 2.22. The lowest BCUT2D eigenvalue weighted by molar-refractivity contribution is -0.137. The summed E-state index contributed by atoms with van der Waals surface area (Å²) in [4.78, 5) is 61.1. The smallest absolute Gasteiger partial charge is 0.287 e. The first-order chi connectivity index (χ1) is 14.3. The molecular weight excluding hydrogens is 476 g/mol. The van der Waals surface area contributed by atoms with Crippen LogP contribution in [0.4, 0.5) is 5.69 Å². The summed E-state index contributed by atoms with van der Waals surface area (Å²) in [5, 5.41) is 8.76. The Morgan fingerprint density at radius 1 is 1.20 bits per heavy atom. The van der Waals surface area contributed by atoms with Gasteiger partial charge in [0.15, 0.2) is 0 Å². The van der Waals surface area contributed by atoms with Crippen molar-refractivity contribution in [3.63, 3.8) is 0 Å². The zero-order valence-corrected chi connectivity index (χ0v) is 18.6. The van der Waals surface area contributed by atoms with Crippen LogP contribution in [0.15, 0.2) is 50.8 Å². The van der Waals surface area contributed by atoms with Crippen molar-refractivity contribution in [2.24, 2.45) is 0 Å². The maximum atomic E-state index is 12.7. The number of hydrogen-bond donors (Lipinski definition) is 3. The summed E-state index contributed by atoms with van der Waals surface area (Å²) < 4.78 is 1.94. The Bertz CT molecular complexity index is 1070. The normalized spacial score (nSPS) is 11.0. The molecule has 0 aliphatic heterocycles. The SMILES string of the molecule is CCn1cccc(NC(=O)/C(=C\CC(=O)C(=O)NC)NC(=O)c2sccc2Br)c1=O. The molecule has 0 fully saturated rings. The number of thiophene rings is 1. The van der Waals surface area contributed by atoms with E-state index in [1.54, 1.807) is 30.6 Å². The number of nitrogens with one attached hydrogen (secondary N) is 3. The molecule has 11 heteroatoms. The monoisotopic (exact) mass is 494 g/mol. The van der Waals surface area contributed by atoms with Crippen molar-refractivity contribution in [1.29, 1.82) is 0 Å². The van der Waals surface area contributed by atoms with E-state index in [0.717, 1.165) is 17.4 Å². The number of Topliss-reactive ketones (excluding diaryl/α,β-unsaturated/α-hetero) is 1. The second-order valence-electron chi connectivity index (χ2n) is 5.84. The van der Waals surface area contributed by atoms with Gasteiger partial charge < -0.3 is 20.5 Å². The first-order valence-corrected chi connectivity index (χ1v) is 10.5. The van der Waals surface area contributed by atoms with Crippen LogP contribution in [-0.4, -0.2) is 35.1 Å². The van der Waals surface area contributed by atoms with Crippen molar-refractivity contribution in [1.82, 2.24) is 15.2 Å². The number of rotatable bonds is 8.